The maximum atomic E-state index is 6.04. The van der Waals surface area contributed by atoms with E-state index >= 15 is 0 Å². The van der Waals surface area contributed by atoms with Gasteiger partial charge in [-0.1, -0.05) is 6.42 Å². The molecule has 0 saturated heterocycles. The van der Waals surface area contributed by atoms with Crippen molar-refractivity contribution in [1.29, 1.82) is 0 Å². The molecule has 1 aliphatic rings. The first-order chi connectivity index (χ1) is 10.1. The first-order valence-corrected chi connectivity index (χ1v) is 7.43. The van der Waals surface area contributed by atoms with Gasteiger partial charge < -0.3 is 10.5 Å². The number of rotatable bonds is 3. The number of nitrogens with two attached hydrogens (primary N) is 1. The highest BCUT2D eigenvalue weighted by molar-refractivity contribution is 5.67. The Bertz CT molecular complexity index is 631. The van der Waals surface area contributed by atoms with Crippen LogP contribution < -0.4 is 10.5 Å². The molecule has 2 N–H and O–H groups in total. The van der Waals surface area contributed by atoms with Crippen molar-refractivity contribution in [3.63, 3.8) is 0 Å². The van der Waals surface area contributed by atoms with Gasteiger partial charge >= 0.3 is 0 Å². The molecule has 2 aromatic heterocycles. The SMILES string of the molecule is Cc1nc(-c2cnn(C)c2N)ncc1OC1CCCCC1. The molecule has 0 spiro atoms. The quantitative estimate of drug-likeness (QED) is 0.938. The van der Waals surface area contributed by atoms with Crippen molar-refractivity contribution in [2.24, 2.45) is 7.05 Å². The molecular weight excluding hydrogens is 266 g/mol. The molecule has 1 aliphatic carbocycles. The monoisotopic (exact) mass is 287 g/mol. The van der Waals surface area contributed by atoms with Crippen molar-refractivity contribution >= 4 is 5.82 Å². The summed E-state index contributed by atoms with van der Waals surface area (Å²) in [6.45, 7) is 1.94. The second-order valence-electron chi connectivity index (χ2n) is 5.59. The minimum Gasteiger partial charge on any atom is -0.487 e. The highest BCUT2D eigenvalue weighted by Crippen LogP contribution is 2.27. The van der Waals surface area contributed by atoms with Crippen LogP contribution in [0.4, 0.5) is 5.82 Å². The number of nitrogen functional groups attached to an aromatic ring is 1. The summed E-state index contributed by atoms with van der Waals surface area (Å²) in [4.78, 5) is 8.89. The van der Waals surface area contributed by atoms with E-state index in [1.807, 2.05) is 6.92 Å². The Morgan fingerprint density at radius 1 is 1.24 bits per heavy atom. The van der Waals surface area contributed by atoms with Gasteiger partial charge in [-0.2, -0.15) is 5.10 Å². The minimum atomic E-state index is 0.301. The normalized spacial score (nSPS) is 16.1. The van der Waals surface area contributed by atoms with Crippen molar-refractivity contribution in [2.45, 2.75) is 45.1 Å². The average molecular weight is 287 g/mol. The van der Waals surface area contributed by atoms with Crippen LogP contribution in [0.3, 0.4) is 0 Å². The third-order valence-electron chi connectivity index (χ3n) is 4.01. The van der Waals surface area contributed by atoms with E-state index in [4.69, 9.17) is 10.5 Å². The highest BCUT2D eigenvalue weighted by Gasteiger charge is 2.17. The van der Waals surface area contributed by atoms with Gasteiger partial charge in [0.2, 0.25) is 0 Å². The molecule has 1 fully saturated rings. The molecule has 0 radical (unpaired) electrons. The Morgan fingerprint density at radius 3 is 2.62 bits per heavy atom. The molecule has 112 valence electrons. The smallest absolute Gasteiger partial charge is 0.165 e. The highest BCUT2D eigenvalue weighted by atomic mass is 16.5. The average Bonchev–Trinajstić information content (AvgIpc) is 2.82. The number of ether oxygens (including phenoxy) is 1. The van der Waals surface area contributed by atoms with E-state index in [9.17, 15) is 0 Å². The number of hydrogen-bond donors (Lipinski definition) is 1. The molecule has 0 amide bonds. The number of nitrogens with zero attached hydrogens (tertiary/aromatic N) is 4. The van der Waals surface area contributed by atoms with Gasteiger partial charge in [-0.05, 0) is 32.6 Å². The van der Waals surface area contributed by atoms with E-state index in [0.717, 1.165) is 29.8 Å². The van der Waals surface area contributed by atoms with Crippen LogP contribution in [0.15, 0.2) is 12.4 Å². The first kappa shape index (κ1) is 13.9. The van der Waals surface area contributed by atoms with E-state index in [2.05, 4.69) is 15.1 Å². The van der Waals surface area contributed by atoms with Crippen molar-refractivity contribution in [1.82, 2.24) is 19.7 Å². The lowest BCUT2D eigenvalue weighted by atomic mass is 9.98. The van der Waals surface area contributed by atoms with Crippen molar-refractivity contribution in [3.8, 4) is 17.1 Å². The maximum absolute atomic E-state index is 6.04. The lowest BCUT2D eigenvalue weighted by Crippen LogP contribution is -2.20. The number of anilines is 1. The third-order valence-corrected chi connectivity index (χ3v) is 4.01. The summed E-state index contributed by atoms with van der Waals surface area (Å²) in [5, 5.41) is 4.12. The summed E-state index contributed by atoms with van der Waals surface area (Å²) in [5.41, 5.74) is 7.56. The zero-order valence-electron chi connectivity index (χ0n) is 12.5. The van der Waals surface area contributed by atoms with Gasteiger partial charge in [0.1, 0.15) is 5.82 Å². The minimum absolute atomic E-state index is 0.301. The van der Waals surface area contributed by atoms with Gasteiger partial charge in [0, 0.05) is 7.05 Å². The standard InChI is InChI=1S/C15H21N5O/c1-10-13(21-11-6-4-3-5-7-11)9-17-15(19-10)12-8-18-20(2)14(12)16/h8-9,11H,3-7,16H2,1-2H3. The van der Waals surface area contributed by atoms with E-state index < -0.39 is 0 Å². The van der Waals surface area contributed by atoms with E-state index in [1.165, 1.54) is 19.3 Å². The van der Waals surface area contributed by atoms with E-state index in [-0.39, 0.29) is 0 Å². The predicted molar refractivity (Wildman–Crippen MR) is 80.9 cm³/mol. The summed E-state index contributed by atoms with van der Waals surface area (Å²) >= 11 is 0. The summed E-state index contributed by atoms with van der Waals surface area (Å²) in [7, 11) is 1.80. The molecular formula is C15H21N5O. The lowest BCUT2D eigenvalue weighted by molar-refractivity contribution is 0.152. The van der Waals surface area contributed by atoms with Crippen molar-refractivity contribution in [2.75, 3.05) is 5.73 Å². The third kappa shape index (κ3) is 2.84. The molecule has 6 nitrogen and oxygen atoms in total. The Labute approximate surface area is 124 Å². The van der Waals surface area contributed by atoms with Crippen LogP contribution in [0.1, 0.15) is 37.8 Å². The largest absolute Gasteiger partial charge is 0.487 e. The van der Waals surface area contributed by atoms with Crippen LogP contribution in [0.5, 0.6) is 5.75 Å². The fourth-order valence-corrected chi connectivity index (χ4v) is 2.68. The molecule has 0 aromatic carbocycles. The molecule has 1 saturated carbocycles. The van der Waals surface area contributed by atoms with Crippen LogP contribution in [0.25, 0.3) is 11.4 Å². The van der Waals surface area contributed by atoms with Crippen LogP contribution in [0.2, 0.25) is 0 Å². The molecule has 3 rings (SSSR count). The molecule has 2 heterocycles. The van der Waals surface area contributed by atoms with Gasteiger partial charge in [0.05, 0.1) is 29.8 Å². The summed E-state index contributed by atoms with van der Waals surface area (Å²) < 4.78 is 7.65. The predicted octanol–water partition coefficient (Wildman–Crippen LogP) is 2.48. The molecule has 0 aliphatic heterocycles. The zero-order valence-corrected chi connectivity index (χ0v) is 12.5. The van der Waals surface area contributed by atoms with Crippen LogP contribution in [-0.4, -0.2) is 25.9 Å². The lowest BCUT2D eigenvalue weighted by Gasteiger charge is -2.23. The number of hydrogen-bond acceptors (Lipinski definition) is 5. The molecule has 0 atom stereocenters. The Kier molecular flexibility index (Phi) is 3.77. The second kappa shape index (κ2) is 5.71. The zero-order chi connectivity index (χ0) is 14.8. The maximum Gasteiger partial charge on any atom is 0.165 e. The summed E-state index contributed by atoms with van der Waals surface area (Å²) in [6.07, 6.45) is 9.78. The van der Waals surface area contributed by atoms with E-state index in [0.29, 0.717) is 17.7 Å². The molecule has 0 bridgehead atoms. The fourth-order valence-electron chi connectivity index (χ4n) is 2.68. The second-order valence-corrected chi connectivity index (χ2v) is 5.59. The summed E-state index contributed by atoms with van der Waals surface area (Å²) in [5.74, 6) is 1.93. The molecule has 0 unspecified atom stereocenters. The van der Waals surface area contributed by atoms with Crippen LogP contribution in [-0.2, 0) is 7.05 Å². The van der Waals surface area contributed by atoms with Gasteiger partial charge in [0.15, 0.2) is 11.6 Å². The van der Waals surface area contributed by atoms with Gasteiger partial charge in [-0.15, -0.1) is 0 Å². The van der Waals surface area contributed by atoms with Gasteiger partial charge in [0.25, 0.3) is 0 Å². The fraction of sp³-hybridized carbons (Fsp3) is 0.533. The number of aryl methyl sites for hydroxylation is 2. The van der Waals surface area contributed by atoms with Gasteiger partial charge in [-0.25, -0.2) is 9.97 Å². The van der Waals surface area contributed by atoms with Crippen LogP contribution in [0, 0.1) is 6.92 Å². The Balaban J connectivity index is 1.81. The molecule has 6 heteroatoms. The first-order valence-electron chi connectivity index (χ1n) is 7.43. The molecule has 2 aromatic rings. The van der Waals surface area contributed by atoms with Gasteiger partial charge in [-0.3, -0.25) is 4.68 Å². The van der Waals surface area contributed by atoms with Crippen molar-refractivity contribution in [3.05, 3.63) is 18.1 Å². The number of aromatic nitrogens is 4. The molecule has 21 heavy (non-hydrogen) atoms. The Hall–Kier alpha value is -2.11. The van der Waals surface area contributed by atoms with Crippen LogP contribution >= 0.6 is 0 Å². The van der Waals surface area contributed by atoms with E-state index in [1.54, 1.807) is 24.1 Å². The Morgan fingerprint density at radius 2 is 2.00 bits per heavy atom. The van der Waals surface area contributed by atoms with Crippen molar-refractivity contribution < 1.29 is 4.74 Å². The topological polar surface area (TPSA) is 78.9 Å². The summed E-state index contributed by atoms with van der Waals surface area (Å²) in [6, 6.07) is 0.